The van der Waals surface area contributed by atoms with Gasteiger partial charge in [0.05, 0.1) is 6.42 Å². The minimum atomic E-state index is -0.352. The highest BCUT2D eigenvalue weighted by molar-refractivity contribution is 5.79. The molecule has 5 nitrogen and oxygen atoms in total. The standard InChI is InChI=1S/C16H20N2O3/c1-2-10-21-16(20)18-9-8-14(12-18)17-15(19)11-13-6-4-3-5-7-13/h2-7,14H,1,8-12H2,(H,17,19). The average Bonchev–Trinajstić information content (AvgIpc) is 2.94. The van der Waals surface area contributed by atoms with Gasteiger partial charge in [0.2, 0.25) is 5.91 Å². The van der Waals surface area contributed by atoms with Crippen molar-refractivity contribution in [3.8, 4) is 0 Å². The number of hydrogen-bond acceptors (Lipinski definition) is 3. The van der Waals surface area contributed by atoms with E-state index in [4.69, 9.17) is 4.74 Å². The molecule has 21 heavy (non-hydrogen) atoms. The highest BCUT2D eigenvalue weighted by Gasteiger charge is 2.27. The molecule has 1 fully saturated rings. The Balaban J connectivity index is 1.76. The quantitative estimate of drug-likeness (QED) is 0.840. The van der Waals surface area contributed by atoms with Crippen LogP contribution in [0.15, 0.2) is 43.0 Å². The Hall–Kier alpha value is -2.30. The fraction of sp³-hybridized carbons (Fsp3) is 0.375. The molecule has 1 aliphatic rings. The van der Waals surface area contributed by atoms with Crippen LogP contribution in [-0.2, 0) is 16.0 Å². The van der Waals surface area contributed by atoms with Crippen molar-refractivity contribution in [3.05, 3.63) is 48.6 Å². The zero-order chi connectivity index (χ0) is 15.1. The Labute approximate surface area is 124 Å². The molecular formula is C16H20N2O3. The highest BCUT2D eigenvalue weighted by atomic mass is 16.6. The van der Waals surface area contributed by atoms with Gasteiger partial charge in [0.15, 0.2) is 0 Å². The van der Waals surface area contributed by atoms with Crippen molar-refractivity contribution in [2.45, 2.75) is 18.9 Å². The molecule has 0 spiro atoms. The number of hydrogen-bond donors (Lipinski definition) is 1. The van der Waals surface area contributed by atoms with Gasteiger partial charge in [-0.05, 0) is 12.0 Å². The minimum Gasteiger partial charge on any atom is -0.445 e. The van der Waals surface area contributed by atoms with Crippen LogP contribution in [-0.4, -0.2) is 42.6 Å². The predicted octanol–water partition coefficient (Wildman–Crippen LogP) is 1.74. The summed E-state index contributed by atoms with van der Waals surface area (Å²) in [7, 11) is 0. The third kappa shape index (κ3) is 4.63. The van der Waals surface area contributed by atoms with E-state index in [1.165, 1.54) is 6.08 Å². The summed E-state index contributed by atoms with van der Waals surface area (Å²) in [6.45, 7) is 4.81. The molecule has 112 valence electrons. The Bertz CT molecular complexity index is 502. The maximum Gasteiger partial charge on any atom is 0.410 e. The first-order chi connectivity index (χ1) is 10.2. The van der Waals surface area contributed by atoms with Crippen molar-refractivity contribution >= 4 is 12.0 Å². The van der Waals surface area contributed by atoms with Crippen LogP contribution in [0.1, 0.15) is 12.0 Å². The Kier molecular flexibility index (Phi) is 5.37. The lowest BCUT2D eigenvalue weighted by molar-refractivity contribution is -0.121. The van der Waals surface area contributed by atoms with E-state index >= 15 is 0 Å². The maximum atomic E-state index is 12.0. The van der Waals surface area contributed by atoms with E-state index in [0.29, 0.717) is 19.5 Å². The molecule has 0 bridgehead atoms. The number of ether oxygens (including phenoxy) is 1. The first-order valence-electron chi connectivity index (χ1n) is 7.05. The van der Waals surface area contributed by atoms with Crippen molar-refractivity contribution in [3.63, 3.8) is 0 Å². The molecule has 1 unspecified atom stereocenters. The molecule has 0 radical (unpaired) electrons. The number of carbonyl (C=O) groups is 2. The molecule has 1 N–H and O–H groups in total. The van der Waals surface area contributed by atoms with Gasteiger partial charge in [-0.15, -0.1) is 0 Å². The summed E-state index contributed by atoms with van der Waals surface area (Å²) in [6, 6.07) is 9.59. The summed E-state index contributed by atoms with van der Waals surface area (Å²) in [5.41, 5.74) is 0.982. The summed E-state index contributed by atoms with van der Waals surface area (Å²) < 4.78 is 4.98. The fourth-order valence-electron chi connectivity index (χ4n) is 2.33. The van der Waals surface area contributed by atoms with E-state index in [9.17, 15) is 9.59 Å². The first kappa shape index (κ1) is 15.1. The van der Waals surface area contributed by atoms with Gasteiger partial charge in [-0.3, -0.25) is 4.79 Å². The average molecular weight is 288 g/mol. The largest absolute Gasteiger partial charge is 0.445 e. The molecular weight excluding hydrogens is 268 g/mol. The van der Waals surface area contributed by atoms with E-state index in [-0.39, 0.29) is 24.6 Å². The zero-order valence-corrected chi connectivity index (χ0v) is 12.0. The number of benzene rings is 1. The van der Waals surface area contributed by atoms with Crippen molar-refractivity contribution in [2.75, 3.05) is 19.7 Å². The highest BCUT2D eigenvalue weighted by Crippen LogP contribution is 2.11. The first-order valence-corrected chi connectivity index (χ1v) is 7.05. The smallest absolute Gasteiger partial charge is 0.410 e. The number of nitrogens with zero attached hydrogens (tertiary/aromatic N) is 1. The second-order valence-corrected chi connectivity index (χ2v) is 5.03. The van der Waals surface area contributed by atoms with E-state index in [1.54, 1.807) is 4.90 Å². The van der Waals surface area contributed by atoms with Crippen molar-refractivity contribution in [1.29, 1.82) is 0 Å². The van der Waals surface area contributed by atoms with E-state index in [0.717, 1.165) is 12.0 Å². The van der Waals surface area contributed by atoms with Gasteiger partial charge in [0.25, 0.3) is 0 Å². The number of nitrogens with one attached hydrogen (secondary N) is 1. The molecule has 0 aromatic heterocycles. The summed E-state index contributed by atoms with van der Waals surface area (Å²) >= 11 is 0. The van der Waals surface area contributed by atoms with Crippen LogP contribution in [0.25, 0.3) is 0 Å². The second-order valence-electron chi connectivity index (χ2n) is 5.03. The van der Waals surface area contributed by atoms with Crippen LogP contribution in [0.5, 0.6) is 0 Å². The Morgan fingerprint density at radius 1 is 1.38 bits per heavy atom. The van der Waals surface area contributed by atoms with Gasteiger partial charge in [0.1, 0.15) is 6.61 Å². The lowest BCUT2D eigenvalue weighted by Gasteiger charge is -2.16. The van der Waals surface area contributed by atoms with E-state index in [2.05, 4.69) is 11.9 Å². The normalized spacial score (nSPS) is 17.3. The maximum absolute atomic E-state index is 12.0. The van der Waals surface area contributed by atoms with E-state index in [1.807, 2.05) is 30.3 Å². The molecule has 1 atom stereocenters. The number of amides is 2. The molecule has 1 saturated heterocycles. The second kappa shape index (κ2) is 7.47. The van der Waals surface area contributed by atoms with Gasteiger partial charge in [-0.2, -0.15) is 0 Å². The summed E-state index contributed by atoms with van der Waals surface area (Å²) in [5, 5.41) is 2.96. The number of rotatable bonds is 5. The zero-order valence-electron chi connectivity index (χ0n) is 12.0. The minimum absolute atomic E-state index is 0.00232. The number of carbonyl (C=O) groups excluding carboxylic acids is 2. The molecule has 1 heterocycles. The number of likely N-dealkylation sites (tertiary alicyclic amines) is 1. The fourth-order valence-corrected chi connectivity index (χ4v) is 2.33. The SMILES string of the molecule is C=CCOC(=O)N1CCC(NC(=O)Cc2ccccc2)C1. The topological polar surface area (TPSA) is 58.6 Å². The van der Waals surface area contributed by atoms with E-state index < -0.39 is 0 Å². The molecule has 2 rings (SSSR count). The van der Waals surface area contributed by atoms with Crippen LogP contribution in [0.4, 0.5) is 4.79 Å². The molecule has 1 aliphatic heterocycles. The van der Waals surface area contributed by atoms with Crippen molar-refractivity contribution in [1.82, 2.24) is 10.2 Å². The molecule has 0 saturated carbocycles. The van der Waals surface area contributed by atoms with Crippen LogP contribution >= 0.6 is 0 Å². The van der Waals surface area contributed by atoms with Gasteiger partial charge < -0.3 is 15.0 Å². The van der Waals surface area contributed by atoms with Gasteiger partial charge in [-0.25, -0.2) is 4.79 Å². The Morgan fingerprint density at radius 2 is 2.14 bits per heavy atom. The third-order valence-corrected chi connectivity index (χ3v) is 3.34. The van der Waals surface area contributed by atoms with Crippen LogP contribution in [0, 0.1) is 0 Å². The summed E-state index contributed by atoms with van der Waals surface area (Å²) in [4.78, 5) is 25.2. The molecule has 5 heteroatoms. The van der Waals surface area contributed by atoms with Crippen molar-refractivity contribution in [2.24, 2.45) is 0 Å². The van der Waals surface area contributed by atoms with Crippen LogP contribution in [0.2, 0.25) is 0 Å². The van der Waals surface area contributed by atoms with Gasteiger partial charge in [-0.1, -0.05) is 43.0 Å². The molecule has 2 amide bonds. The van der Waals surface area contributed by atoms with Crippen LogP contribution < -0.4 is 5.32 Å². The predicted molar refractivity (Wildman–Crippen MR) is 79.8 cm³/mol. The van der Waals surface area contributed by atoms with Gasteiger partial charge in [0, 0.05) is 19.1 Å². The van der Waals surface area contributed by atoms with Crippen LogP contribution in [0.3, 0.4) is 0 Å². The molecule has 1 aromatic rings. The lowest BCUT2D eigenvalue weighted by atomic mass is 10.1. The van der Waals surface area contributed by atoms with Crippen molar-refractivity contribution < 1.29 is 14.3 Å². The Morgan fingerprint density at radius 3 is 2.86 bits per heavy atom. The lowest BCUT2D eigenvalue weighted by Crippen LogP contribution is -2.39. The molecule has 0 aliphatic carbocycles. The van der Waals surface area contributed by atoms with Gasteiger partial charge >= 0.3 is 6.09 Å². The summed E-state index contributed by atoms with van der Waals surface area (Å²) in [6.07, 6.45) is 2.30. The third-order valence-electron chi connectivity index (χ3n) is 3.34. The monoisotopic (exact) mass is 288 g/mol. The molecule has 1 aromatic carbocycles. The summed E-state index contributed by atoms with van der Waals surface area (Å²) in [5.74, 6) is -0.0208.